The summed E-state index contributed by atoms with van der Waals surface area (Å²) < 4.78 is 2.11. The van der Waals surface area contributed by atoms with Crippen LogP contribution in [0.25, 0.3) is 0 Å². The number of hydrogen-bond donors (Lipinski definition) is 1. The van der Waals surface area contributed by atoms with Crippen LogP contribution in [0, 0.1) is 0 Å². The lowest BCUT2D eigenvalue weighted by Crippen LogP contribution is -2.39. The second kappa shape index (κ2) is 5.68. The Morgan fingerprint density at radius 1 is 1.17 bits per heavy atom. The van der Waals surface area contributed by atoms with E-state index in [-0.39, 0.29) is 11.5 Å². The molecule has 0 spiro atoms. The van der Waals surface area contributed by atoms with Crippen molar-refractivity contribution < 1.29 is 4.79 Å². The molecule has 1 aliphatic heterocycles. The number of H-pyrrole nitrogens is 1. The Bertz CT molecular complexity index is 753. The third-order valence-electron chi connectivity index (χ3n) is 4.83. The molecule has 4 rings (SSSR count). The molecular formula is C17H20N4O2. The average Bonchev–Trinajstić information content (AvgIpc) is 3.28. The molecule has 120 valence electrons. The molecule has 3 heterocycles. The highest BCUT2D eigenvalue weighted by Gasteiger charge is 2.28. The van der Waals surface area contributed by atoms with E-state index in [9.17, 15) is 9.59 Å². The Balaban J connectivity index is 1.47. The summed E-state index contributed by atoms with van der Waals surface area (Å²) in [6, 6.07) is 3.70. The van der Waals surface area contributed by atoms with Gasteiger partial charge in [-0.15, -0.1) is 0 Å². The lowest BCUT2D eigenvalue weighted by molar-refractivity contribution is 0.0694. The number of nitrogens with one attached hydrogen (secondary N) is 1. The summed E-state index contributed by atoms with van der Waals surface area (Å²) in [5.41, 5.74) is 1.26. The van der Waals surface area contributed by atoms with Crippen molar-refractivity contribution in [2.75, 3.05) is 13.1 Å². The van der Waals surface area contributed by atoms with Gasteiger partial charge in [-0.1, -0.05) is 0 Å². The Hall–Kier alpha value is -2.37. The van der Waals surface area contributed by atoms with Crippen molar-refractivity contribution in [1.29, 1.82) is 0 Å². The molecule has 0 radical (unpaired) electrons. The molecule has 1 saturated heterocycles. The molecule has 0 unspecified atom stereocenters. The highest BCUT2D eigenvalue weighted by molar-refractivity contribution is 5.94. The van der Waals surface area contributed by atoms with Crippen LogP contribution >= 0.6 is 0 Å². The largest absolute Gasteiger partial charge is 0.338 e. The van der Waals surface area contributed by atoms with Gasteiger partial charge in [-0.3, -0.25) is 9.59 Å². The van der Waals surface area contributed by atoms with Gasteiger partial charge in [0.2, 0.25) is 5.56 Å². The average molecular weight is 312 g/mol. The summed E-state index contributed by atoms with van der Waals surface area (Å²) in [7, 11) is 0. The van der Waals surface area contributed by atoms with Gasteiger partial charge in [-0.2, -0.15) is 0 Å². The van der Waals surface area contributed by atoms with Gasteiger partial charge >= 0.3 is 0 Å². The van der Waals surface area contributed by atoms with E-state index in [1.165, 1.54) is 6.07 Å². The zero-order valence-electron chi connectivity index (χ0n) is 12.9. The topological polar surface area (TPSA) is 71.0 Å². The van der Waals surface area contributed by atoms with Crippen LogP contribution in [-0.4, -0.2) is 38.4 Å². The zero-order valence-corrected chi connectivity index (χ0v) is 12.9. The minimum atomic E-state index is -0.175. The van der Waals surface area contributed by atoms with E-state index in [0.29, 0.717) is 30.6 Å². The summed E-state index contributed by atoms with van der Waals surface area (Å²) in [6.07, 6.45) is 9.63. The van der Waals surface area contributed by atoms with Crippen molar-refractivity contribution in [1.82, 2.24) is 19.4 Å². The Labute approximate surface area is 134 Å². The van der Waals surface area contributed by atoms with Gasteiger partial charge in [-0.25, -0.2) is 4.98 Å². The van der Waals surface area contributed by atoms with E-state index >= 15 is 0 Å². The van der Waals surface area contributed by atoms with Crippen molar-refractivity contribution in [3.05, 3.63) is 52.5 Å². The lowest BCUT2D eigenvalue weighted by Gasteiger charge is -2.32. The molecule has 2 aromatic heterocycles. The van der Waals surface area contributed by atoms with Gasteiger partial charge in [0.05, 0.1) is 6.33 Å². The molecule has 1 amide bonds. The van der Waals surface area contributed by atoms with Crippen LogP contribution in [-0.2, 0) is 0 Å². The Kier molecular flexibility index (Phi) is 3.52. The maximum Gasteiger partial charge on any atom is 0.254 e. The first kappa shape index (κ1) is 14.2. The van der Waals surface area contributed by atoms with E-state index in [4.69, 9.17) is 0 Å². The number of aromatic amines is 1. The van der Waals surface area contributed by atoms with Crippen LogP contribution in [0.5, 0.6) is 0 Å². The number of aromatic nitrogens is 3. The van der Waals surface area contributed by atoms with Crippen LogP contribution < -0.4 is 5.56 Å². The van der Waals surface area contributed by atoms with Gasteiger partial charge in [-0.05, 0) is 37.7 Å². The minimum Gasteiger partial charge on any atom is -0.338 e. The summed E-state index contributed by atoms with van der Waals surface area (Å²) >= 11 is 0. The normalized spacial score (nSPS) is 19.0. The monoisotopic (exact) mass is 312 g/mol. The molecule has 2 aliphatic rings. The maximum absolute atomic E-state index is 12.7. The number of likely N-dealkylation sites (tertiary alicyclic amines) is 1. The first-order valence-electron chi connectivity index (χ1n) is 8.22. The molecule has 2 aromatic rings. The van der Waals surface area contributed by atoms with Crippen LogP contribution in [0.2, 0.25) is 0 Å². The molecule has 23 heavy (non-hydrogen) atoms. The predicted octanol–water partition coefficient (Wildman–Crippen LogP) is 1.93. The highest BCUT2D eigenvalue weighted by atomic mass is 16.2. The molecule has 1 aliphatic carbocycles. The number of nitrogens with zero attached hydrogens (tertiary/aromatic N) is 3. The first-order chi connectivity index (χ1) is 11.2. The van der Waals surface area contributed by atoms with Crippen molar-refractivity contribution >= 4 is 5.91 Å². The predicted molar refractivity (Wildman–Crippen MR) is 85.4 cm³/mol. The molecule has 6 heteroatoms. The number of imidazole rings is 1. The molecule has 0 bridgehead atoms. The molecular weight excluding hydrogens is 292 g/mol. The molecule has 1 saturated carbocycles. The van der Waals surface area contributed by atoms with E-state index in [2.05, 4.69) is 14.5 Å². The minimum absolute atomic E-state index is 0.0259. The van der Waals surface area contributed by atoms with Crippen LogP contribution in [0.15, 0.2) is 35.6 Å². The standard InChI is InChI=1S/C17H20N4O2/c22-16-10-13(9-15(19-16)12-1-2-12)17(23)20-6-3-14(4-7-20)21-8-5-18-11-21/h5,8-12,14H,1-4,6-7H2,(H,19,22). The zero-order chi connectivity index (χ0) is 15.8. The number of amides is 1. The molecule has 2 fully saturated rings. The number of rotatable bonds is 3. The lowest BCUT2D eigenvalue weighted by atomic mass is 10.0. The fourth-order valence-electron chi connectivity index (χ4n) is 3.34. The van der Waals surface area contributed by atoms with E-state index in [0.717, 1.165) is 31.4 Å². The second-order valence-electron chi connectivity index (χ2n) is 6.50. The molecule has 0 aromatic carbocycles. The van der Waals surface area contributed by atoms with Crippen LogP contribution in [0.3, 0.4) is 0 Å². The van der Waals surface area contributed by atoms with Crippen molar-refractivity contribution in [3.63, 3.8) is 0 Å². The van der Waals surface area contributed by atoms with E-state index < -0.39 is 0 Å². The van der Waals surface area contributed by atoms with E-state index in [1.54, 1.807) is 6.20 Å². The van der Waals surface area contributed by atoms with Crippen molar-refractivity contribution in [3.8, 4) is 0 Å². The van der Waals surface area contributed by atoms with E-state index in [1.807, 2.05) is 23.5 Å². The Morgan fingerprint density at radius 2 is 1.96 bits per heavy atom. The molecule has 1 N–H and O–H groups in total. The third kappa shape index (κ3) is 2.93. The fraction of sp³-hybridized carbons (Fsp3) is 0.471. The summed E-state index contributed by atoms with van der Waals surface area (Å²) in [5.74, 6) is 0.407. The Morgan fingerprint density at radius 3 is 2.61 bits per heavy atom. The third-order valence-corrected chi connectivity index (χ3v) is 4.83. The number of carbonyl (C=O) groups excluding carboxylic acids is 1. The second-order valence-corrected chi connectivity index (χ2v) is 6.50. The number of piperidine rings is 1. The van der Waals surface area contributed by atoms with Crippen LogP contribution in [0.1, 0.15) is 53.7 Å². The van der Waals surface area contributed by atoms with Gasteiger partial charge in [0.1, 0.15) is 0 Å². The molecule has 0 atom stereocenters. The maximum atomic E-state index is 12.7. The first-order valence-corrected chi connectivity index (χ1v) is 8.22. The number of carbonyl (C=O) groups is 1. The summed E-state index contributed by atoms with van der Waals surface area (Å²) in [4.78, 5) is 33.3. The van der Waals surface area contributed by atoms with Crippen molar-refractivity contribution in [2.24, 2.45) is 0 Å². The smallest absolute Gasteiger partial charge is 0.254 e. The SMILES string of the molecule is O=C(c1cc(C2CC2)[nH]c(=O)c1)N1CCC(n2ccnc2)CC1. The van der Waals surface area contributed by atoms with Gasteiger partial charge in [0.15, 0.2) is 0 Å². The molecule has 6 nitrogen and oxygen atoms in total. The summed E-state index contributed by atoms with van der Waals surface area (Å²) in [6.45, 7) is 1.43. The van der Waals surface area contributed by atoms with Gasteiger partial charge in [0.25, 0.3) is 5.91 Å². The highest BCUT2D eigenvalue weighted by Crippen LogP contribution is 2.38. The van der Waals surface area contributed by atoms with Crippen molar-refractivity contribution in [2.45, 2.75) is 37.6 Å². The quantitative estimate of drug-likeness (QED) is 0.941. The number of pyridine rings is 1. The van der Waals surface area contributed by atoms with Crippen LogP contribution in [0.4, 0.5) is 0 Å². The van der Waals surface area contributed by atoms with Gasteiger partial charge in [0, 0.05) is 48.8 Å². The fourth-order valence-corrected chi connectivity index (χ4v) is 3.34. The summed E-state index contributed by atoms with van der Waals surface area (Å²) in [5, 5.41) is 0. The number of hydrogen-bond acceptors (Lipinski definition) is 3. The van der Waals surface area contributed by atoms with Gasteiger partial charge < -0.3 is 14.5 Å².